The molecule has 0 radical (unpaired) electrons. The molecule has 0 spiro atoms. The Morgan fingerprint density at radius 3 is 2.24 bits per heavy atom. The Labute approximate surface area is 124 Å². The molecule has 2 aliphatic rings. The molecule has 2 bridgehead atoms. The Kier molecular flexibility index (Phi) is 4.57. The van der Waals surface area contributed by atoms with Crippen LogP contribution >= 0.6 is 0 Å². The van der Waals surface area contributed by atoms with E-state index in [2.05, 4.69) is 4.74 Å². The van der Waals surface area contributed by atoms with Gasteiger partial charge in [-0.15, -0.1) is 0 Å². The number of carbonyl (C=O) groups is 2. The highest BCUT2D eigenvalue weighted by molar-refractivity contribution is 7.90. The lowest BCUT2D eigenvalue weighted by atomic mass is 9.90. The van der Waals surface area contributed by atoms with Gasteiger partial charge in [-0.25, -0.2) is 8.42 Å². The summed E-state index contributed by atoms with van der Waals surface area (Å²) in [6, 6.07) is -0.379. The van der Waals surface area contributed by atoms with Gasteiger partial charge in [-0.2, -0.15) is 4.31 Å². The third kappa shape index (κ3) is 3.06. The van der Waals surface area contributed by atoms with E-state index < -0.39 is 27.2 Å². The third-order valence-electron chi connectivity index (χ3n) is 4.50. The van der Waals surface area contributed by atoms with Crippen molar-refractivity contribution in [3.63, 3.8) is 0 Å². The van der Waals surface area contributed by atoms with Gasteiger partial charge in [0, 0.05) is 18.5 Å². The minimum atomic E-state index is -3.75. The first-order valence-corrected chi connectivity index (χ1v) is 8.59. The van der Waals surface area contributed by atoms with Gasteiger partial charge >= 0.3 is 11.9 Å². The Bertz CT molecular complexity index is 517. The lowest BCUT2D eigenvalue weighted by molar-refractivity contribution is -0.140. The number of methoxy groups -OCH3 is 1. The van der Waals surface area contributed by atoms with E-state index in [0.29, 0.717) is 12.8 Å². The van der Waals surface area contributed by atoms with Crippen LogP contribution in [0, 0.1) is 5.92 Å². The monoisotopic (exact) mass is 319 g/mol. The van der Waals surface area contributed by atoms with E-state index >= 15 is 0 Å². The van der Waals surface area contributed by atoms with Gasteiger partial charge in [-0.05, 0) is 38.5 Å². The van der Waals surface area contributed by atoms with Gasteiger partial charge in [0.15, 0.2) is 5.25 Å². The number of fused-ring (bicyclic) bond motifs is 2. The van der Waals surface area contributed by atoms with Crippen molar-refractivity contribution in [1.82, 2.24) is 4.31 Å². The second-order valence-corrected chi connectivity index (χ2v) is 8.02. The lowest BCUT2D eigenvalue weighted by Gasteiger charge is -2.38. The number of aliphatic carboxylic acids is 1. The van der Waals surface area contributed by atoms with Crippen LogP contribution in [0.4, 0.5) is 0 Å². The molecule has 3 atom stereocenters. The Balaban J connectivity index is 2.16. The standard InChI is InChI=1S/C13H21NO6S/c1-8(13(17)20-2)21(18,19)14-10-3-4-11(14)6-9(5-10)7-12(15)16/h8-11H,3-7H2,1-2H3,(H,15,16). The molecule has 0 aromatic heterocycles. The van der Waals surface area contributed by atoms with Crippen molar-refractivity contribution in [2.24, 2.45) is 5.92 Å². The van der Waals surface area contributed by atoms with Crippen LogP contribution in [-0.2, 0) is 24.3 Å². The summed E-state index contributed by atoms with van der Waals surface area (Å²) in [6.45, 7) is 1.34. The fraction of sp³-hybridized carbons (Fsp3) is 0.846. The van der Waals surface area contributed by atoms with Gasteiger partial charge in [0.05, 0.1) is 7.11 Å². The maximum absolute atomic E-state index is 12.6. The van der Waals surface area contributed by atoms with Crippen molar-refractivity contribution in [3.05, 3.63) is 0 Å². The number of rotatable bonds is 5. The molecule has 8 heteroatoms. The minimum absolute atomic E-state index is 0.0138. The zero-order valence-corrected chi connectivity index (χ0v) is 13.0. The number of nitrogens with zero attached hydrogens (tertiary/aromatic N) is 1. The smallest absolute Gasteiger partial charge is 0.325 e. The molecule has 3 unspecified atom stereocenters. The Hall–Kier alpha value is -1.15. The van der Waals surface area contributed by atoms with E-state index in [1.54, 1.807) is 0 Å². The topological polar surface area (TPSA) is 101 Å². The number of sulfonamides is 1. The van der Waals surface area contributed by atoms with E-state index in [9.17, 15) is 18.0 Å². The third-order valence-corrected chi connectivity index (χ3v) is 6.77. The molecule has 2 saturated heterocycles. The van der Waals surface area contributed by atoms with Crippen LogP contribution in [-0.4, -0.2) is 54.2 Å². The normalized spacial score (nSPS) is 30.9. The van der Waals surface area contributed by atoms with Crippen LogP contribution in [0.1, 0.15) is 39.0 Å². The van der Waals surface area contributed by atoms with Crippen LogP contribution in [0.15, 0.2) is 0 Å². The minimum Gasteiger partial charge on any atom is -0.481 e. The van der Waals surface area contributed by atoms with Gasteiger partial charge in [-0.3, -0.25) is 9.59 Å². The van der Waals surface area contributed by atoms with Crippen molar-refractivity contribution >= 4 is 22.0 Å². The van der Waals surface area contributed by atoms with Crippen LogP contribution in [0.25, 0.3) is 0 Å². The largest absolute Gasteiger partial charge is 0.481 e. The number of ether oxygens (including phenoxy) is 1. The molecule has 1 N–H and O–H groups in total. The number of carbonyl (C=O) groups excluding carboxylic acids is 1. The van der Waals surface area contributed by atoms with Gasteiger partial charge < -0.3 is 9.84 Å². The molecule has 0 aromatic rings. The first kappa shape index (κ1) is 16.2. The Morgan fingerprint density at radius 1 is 1.29 bits per heavy atom. The SMILES string of the molecule is COC(=O)C(C)S(=O)(=O)N1C2CCC1CC(CC(=O)O)C2. The van der Waals surface area contributed by atoms with Crippen LogP contribution < -0.4 is 0 Å². The number of carboxylic acids is 1. The molecule has 0 aromatic carbocycles. The molecule has 2 fully saturated rings. The predicted octanol–water partition coefficient (Wildman–Crippen LogP) is 0.595. The average Bonchev–Trinajstić information content (AvgIpc) is 2.69. The number of piperidine rings is 1. The van der Waals surface area contributed by atoms with Crippen molar-refractivity contribution < 1.29 is 27.9 Å². The second-order valence-electron chi connectivity index (χ2n) is 5.86. The summed E-state index contributed by atoms with van der Waals surface area (Å²) in [5.74, 6) is -1.60. The molecule has 0 amide bonds. The van der Waals surface area contributed by atoms with Gasteiger partial charge in [0.25, 0.3) is 0 Å². The van der Waals surface area contributed by atoms with E-state index in [0.717, 1.165) is 12.8 Å². The molecule has 7 nitrogen and oxygen atoms in total. The second kappa shape index (κ2) is 5.92. The summed E-state index contributed by atoms with van der Waals surface area (Å²) in [5.41, 5.74) is 0. The van der Waals surface area contributed by atoms with Gasteiger partial charge in [-0.1, -0.05) is 0 Å². The fourth-order valence-corrected chi connectivity index (χ4v) is 5.46. The fourth-order valence-electron chi connectivity index (χ4n) is 3.55. The van der Waals surface area contributed by atoms with E-state index in [1.807, 2.05) is 0 Å². The number of esters is 1. The van der Waals surface area contributed by atoms with Crippen molar-refractivity contribution in [2.45, 2.75) is 56.4 Å². The molecule has 0 saturated carbocycles. The summed E-state index contributed by atoms with van der Waals surface area (Å²) in [6.07, 6.45) is 2.64. The highest BCUT2D eigenvalue weighted by atomic mass is 32.2. The zero-order valence-electron chi connectivity index (χ0n) is 12.2. The van der Waals surface area contributed by atoms with E-state index in [1.165, 1.54) is 18.3 Å². The summed E-state index contributed by atoms with van der Waals surface area (Å²) in [5, 5.41) is 7.66. The maximum Gasteiger partial charge on any atom is 0.325 e. The first-order valence-electron chi connectivity index (χ1n) is 7.09. The van der Waals surface area contributed by atoms with E-state index in [-0.39, 0.29) is 24.4 Å². The van der Waals surface area contributed by atoms with Crippen molar-refractivity contribution in [3.8, 4) is 0 Å². The molecular formula is C13H21NO6S. The summed E-state index contributed by atoms with van der Waals surface area (Å²) < 4.78 is 31.1. The van der Waals surface area contributed by atoms with Gasteiger partial charge in [0.1, 0.15) is 0 Å². The molecule has 21 heavy (non-hydrogen) atoms. The molecule has 2 heterocycles. The molecule has 120 valence electrons. The highest BCUT2D eigenvalue weighted by Gasteiger charge is 2.49. The van der Waals surface area contributed by atoms with Crippen LogP contribution in [0.5, 0.6) is 0 Å². The quantitative estimate of drug-likeness (QED) is 0.745. The van der Waals surface area contributed by atoms with Gasteiger partial charge in [0.2, 0.25) is 10.0 Å². The highest BCUT2D eigenvalue weighted by Crippen LogP contribution is 2.42. The van der Waals surface area contributed by atoms with Crippen molar-refractivity contribution in [2.75, 3.05) is 7.11 Å². The summed E-state index contributed by atoms with van der Waals surface area (Å²) in [7, 11) is -2.58. The number of carboxylic acid groups (broad SMARTS) is 1. The first-order chi connectivity index (χ1) is 9.77. The molecule has 2 aliphatic heterocycles. The molecule has 0 aliphatic carbocycles. The molecular weight excluding hydrogens is 298 g/mol. The number of hydrogen-bond donors (Lipinski definition) is 1. The summed E-state index contributed by atoms with van der Waals surface area (Å²) >= 11 is 0. The average molecular weight is 319 g/mol. The van der Waals surface area contributed by atoms with E-state index in [4.69, 9.17) is 5.11 Å². The Morgan fingerprint density at radius 2 is 1.81 bits per heavy atom. The zero-order chi connectivity index (χ0) is 15.8. The maximum atomic E-state index is 12.6. The van der Waals surface area contributed by atoms with Crippen molar-refractivity contribution in [1.29, 1.82) is 0 Å². The van der Waals surface area contributed by atoms with Crippen LogP contribution in [0.3, 0.4) is 0 Å². The van der Waals surface area contributed by atoms with Crippen LogP contribution in [0.2, 0.25) is 0 Å². The lowest BCUT2D eigenvalue weighted by Crippen LogP contribution is -2.51. The molecule has 2 rings (SSSR count). The predicted molar refractivity (Wildman–Crippen MR) is 74.0 cm³/mol. The number of hydrogen-bond acceptors (Lipinski definition) is 5. The summed E-state index contributed by atoms with van der Waals surface area (Å²) in [4.78, 5) is 22.4.